The van der Waals surface area contributed by atoms with Crippen molar-refractivity contribution >= 4 is 27.7 Å². The number of aromatic amines is 2. The molecule has 0 aliphatic heterocycles. The third-order valence-electron chi connectivity index (χ3n) is 4.36. The van der Waals surface area contributed by atoms with Crippen molar-refractivity contribution in [2.45, 2.75) is 13.5 Å². The second kappa shape index (κ2) is 6.44. The van der Waals surface area contributed by atoms with E-state index < -0.39 is 0 Å². The smallest absolute Gasteiger partial charge is 0.258 e. The van der Waals surface area contributed by atoms with Gasteiger partial charge in [-0.1, -0.05) is 12.1 Å². The molecule has 0 fully saturated rings. The number of carbonyl (C=O) groups is 1. The third kappa shape index (κ3) is 2.83. The maximum atomic E-state index is 12.9. The lowest BCUT2D eigenvalue weighted by molar-refractivity contribution is 0.0748. The van der Waals surface area contributed by atoms with Gasteiger partial charge >= 0.3 is 0 Å². The molecule has 0 radical (unpaired) electrons. The molecule has 0 unspecified atom stereocenters. The van der Waals surface area contributed by atoms with Crippen LogP contribution in [0.2, 0.25) is 0 Å². The Kier molecular flexibility index (Phi) is 3.96. The number of amides is 1. The van der Waals surface area contributed by atoms with Gasteiger partial charge in [0, 0.05) is 17.5 Å². The van der Waals surface area contributed by atoms with Crippen LogP contribution in [0.3, 0.4) is 0 Å². The number of aromatic nitrogens is 4. The minimum atomic E-state index is -0.200. The average molecular weight is 347 g/mol. The van der Waals surface area contributed by atoms with Crippen molar-refractivity contribution in [2.75, 3.05) is 6.54 Å². The van der Waals surface area contributed by atoms with E-state index in [1.54, 1.807) is 41.4 Å². The molecule has 7 nitrogen and oxygen atoms in total. The fourth-order valence-electron chi connectivity index (χ4n) is 2.98. The number of fused-ring (bicyclic) bond motifs is 2. The van der Waals surface area contributed by atoms with E-state index in [2.05, 4.69) is 20.2 Å². The fourth-order valence-corrected chi connectivity index (χ4v) is 2.98. The van der Waals surface area contributed by atoms with Crippen LogP contribution in [0, 0.1) is 0 Å². The zero-order chi connectivity index (χ0) is 18.1. The van der Waals surface area contributed by atoms with E-state index in [1.807, 2.05) is 19.1 Å². The van der Waals surface area contributed by atoms with Gasteiger partial charge in [0.05, 0.1) is 29.2 Å². The largest absolute Gasteiger partial charge is 0.331 e. The Hall–Kier alpha value is -3.48. The zero-order valence-electron chi connectivity index (χ0n) is 14.2. The molecule has 2 aromatic heterocycles. The molecule has 0 spiro atoms. The summed E-state index contributed by atoms with van der Waals surface area (Å²) in [6.45, 7) is 2.63. The first kappa shape index (κ1) is 16.0. The standard InChI is InChI=1S/C19H17N5O2/c1-2-24(19(26)12-7-8-15-13(9-12)10-20-23-15)11-17-21-16-6-4-3-5-14(16)18(25)22-17/h3-10H,2,11H2,1H3,(H,20,23)(H,21,22,25). The normalized spacial score (nSPS) is 11.1. The molecule has 130 valence electrons. The lowest BCUT2D eigenvalue weighted by atomic mass is 10.1. The summed E-state index contributed by atoms with van der Waals surface area (Å²) in [6.07, 6.45) is 1.69. The molecule has 4 rings (SSSR count). The van der Waals surface area contributed by atoms with Crippen LogP contribution >= 0.6 is 0 Å². The number of para-hydroxylation sites is 1. The van der Waals surface area contributed by atoms with Crippen molar-refractivity contribution in [3.05, 3.63) is 70.4 Å². The summed E-state index contributed by atoms with van der Waals surface area (Å²) in [7, 11) is 0. The first-order valence-corrected chi connectivity index (χ1v) is 8.36. The average Bonchev–Trinajstić information content (AvgIpc) is 3.13. The third-order valence-corrected chi connectivity index (χ3v) is 4.36. The van der Waals surface area contributed by atoms with Gasteiger partial charge in [-0.2, -0.15) is 5.10 Å². The van der Waals surface area contributed by atoms with Crippen molar-refractivity contribution in [2.24, 2.45) is 0 Å². The summed E-state index contributed by atoms with van der Waals surface area (Å²) in [5.74, 6) is 0.347. The van der Waals surface area contributed by atoms with Crippen LogP contribution in [0.4, 0.5) is 0 Å². The number of nitrogens with zero attached hydrogens (tertiary/aromatic N) is 3. The van der Waals surface area contributed by atoms with Gasteiger partial charge in [-0.25, -0.2) is 4.98 Å². The minimum absolute atomic E-state index is 0.119. The van der Waals surface area contributed by atoms with Crippen LogP contribution in [0.5, 0.6) is 0 Å². The molecule has 0 saturated heterocycles. The monoisotopic (exact) mass is 347 g/mol. The molecule has 4 aromatic rings. The maximum Gasteiger partial charge on any atom is 0.258 e. The van der Waals surface area contributed by atoms with Gasteiger partial charge < -0.3 is 9.88 Å². The van der Waals surface area contributed by atoms with E-state index in [0.29, 0.717) is 28.8 Å². The van der Waals surface area contributed by atoms with E-state index in [4.69, 9.17) is 0 Å². The quantitative estimate of drug-likeness (QED) is 0.593. The molecule has 2 N–H and O–H groups in total. The summed E-state index contributed by atoms with van der Waals surface area (Å²) in [4.78, 5) is 34.0. The number of rotatable bonds is 4. The van der Waals surface area contributed by atoms with Crippen molar-refractivity contribution < 1.29 is 4.79 Å². The number of hydrogen-bond donors (Lipinski definition) is 2. The molecular formula is C19H17N5O2. The predicted molar refractivity (Wildman–Crippen MR) is 98.9 cm³/mol. The molecule has 7 heteroatoms. The maximum absolute atomic E-state index is 12.9. The van der Waals surface area contributed by atoms with E-state index >= 15 is 0 Å². The van der Waals surface area contributed by atoms with Gasteiger partial charge in [-0.05, 0) is 37.3 Å². The number of benzene rings is 2. The van der Waals surface area contributed by atoms with Gasteiger partial charge in [-0.15, -0.1) is 0 Å². The van der Waals surface area contributed by atoms with E-state index in [1.165, 1.54) is 0 Å². The Morgan fingerprint density at radius 3 is 2.88 bits per heavy atom. The lowest BCUT2D eigenvalue weighted by Crippen LogP contribution is -2.31. The highest BCUT2D eigenvalue weighted by molar-refractivity contribution is 5.97. The summed E-state index contributed by atoms with van der Waals surface area (Å²) in [5, 5.41) is 8.26. The molecule has 2 heterocycles. The highest BCUT2D eigenvalue weighted by atomic mass is 16.2. The van der Waals surface area contributed by atoms with Crippen LogP contribution in [0.25, 0.3) is 21.8 Å². The molecule has 0 saturated carbocycles. The second-order valence-electron chi connectivity index (χ2n) is 6.02. The molecule has 2 aromatic carbocycles. The molecule has 0 bridgehead atoms. The highest BCUT2D eigenvalue weighted by Gasteiger charge is 2.17. The number of nitrogens with one attached hydrogen (secondary N) is 2. The Bertz CT molecular complexity index is 1160. The summed E-state index contributed by atoms with van der Waals surface area (Å²) < 4.78 is 0. The molecule has 0 aliphatic carbocycles. The summed E-state index contributed by atoms with van der Waals surface area (Å²) in [6, 6.07) is 12.6. The topological polar surface area (TPSA) is 94.7 Å². The second-order valence-corrected chi connectivity index (χ2v) is 6.02. The summed E-state index contributed by atoms with van der Waals surface area (Å²) >= 11 is 0. The van der Waals surface area contributed by atoms with Crippen molar-refractivity contribution in [1.82, 2.24) is 25.1 Å². The van der Waals surface area contributed by atoms with Gasteiger partial charge in [-0.3, -0.25) is 14.7 Å². The molecule has 26 heavy (non-hydrogen) atoms. The minimum Gasteiger partial charge on any atom is -0.331 e. The van der Waals surface area contributed by atoms with Gasteiger partial charge in [0.1, 0.15) is 5.82 Å². The van der Waals surface area contributed by atoms with Crippen molar-refractivity contribution in [1.29, 1.82) is 0 Å². The molecule has 1 amide bonds. The molecule has 0 atom stereocenters. The van der Waals surface area contributed by atoms with Crippen LogP contribution in [0.1, 0.15) is 23.1 Å². The lowest BCUT2D eigenvalue weighted by Gasteiger charge is -2.20. The van der Waals surface area contributed by atoms with Gasteiger partial charge in [0.15, 0.2) is 0 Å². The van der Waals surface area contributed by atoms with E-state index in [9.17, 15) is 9.59 Å². The Morgan fingerprint density at radius 2 is 2.04 bits per heavy atom. The Balaban J connectivity index is 1.64. The van der Waals surface area contributed by atoms with Gasteiger partial charge in [0.25, 0.3) is 11.5 Å². The van der Waals surface area contributed by atoms with Crippen LogP contribution in [0.15, 0.2) is 53.5 Å². The van der Waals surface area contributed by atoms with Crippen LogP contribution in [-0.4, -0.2) is 37.5 Å². The van der Waals surface area contributed by atoms with Crippen molar-refractivity contribution in [3.8, 4) is 0 Å². The van der Waals surface area contributed by atoms with Crippen LogP contribution < -0.4 is 5.56 Å². The molecular weight excluding hydrogens is 330 g/mol. The molecule has 0 aliphatic rings. The fraction of sp³-hybridized carbons (Fsp3) is 0.158. The first-order valence-electron chi connectivity index (χ1n) is 8.36. The zero-order valence-corrected chi connectivity index (χ0v) is 14.2. The number of H-pyrrole nitrogens is 2. The van der Waals surface area contributed by atoms with Crippen LogP contribution in [-0.2, 0) is 6.54 Å². The van der Waals surface area contributed by atoms with Crippen molar-refractivity contribution in [3.63, 3.8) is 0 Å². The number of hydrogen-bond acceptors (Lipinski definition) is 4. The van der Waals surface area contributed by atoms with E-state index in [-0.39, 0.29) is 18.0 Å². The Labute approximate surface area is 148 Å². The Morgan fingerprint density at radius 1 is 1.19 bits per heavy atom. The SMILES string of the molecule is CCN(Cc1nc2ccccc2c(=O)[nH]1)C(=O)c1ccc2[nH]ncc2c1. The highest BCUT2D eigenvalue weighted by Crippen LogP contribution is 2.15. The number of carbonyl (C=O) groups excluding carboxylic acids is 1. The first-order chi connectivity index (χ1) is 12.7. The van der Waals surface area contributed by atoms with E-state index in [0.717, 1.165) is 10.9 Å². The van der Waals surface area contributed by atoms with Gasteiger partial charge in [0.2, 0.25) is 0 Å². The predicted octanol–water partition coefficient (Wildman–Crippen LogP) is 2.46. The summed E-state index contributed by atoms with van der Waals surface area (Å²) in [5.41, 5.74) is 1.87.